The Morgan fingerprint density at radius 1 is 1.32 bits per heavy atom. The van der Waals surface area contributed by atoms with Gasteiger partial charge >= 0.3 is 0 Å². The fourth-order valence-electron chi connectivity index (χ4n) is 1.50. The molecule has 2 aromatic rings. The second kappa shape index (κ2) is 5.43. The van der Waals surface area contributed by atoms with Gasteiger partial charge in [-0.15, -0.1) is 0 Å². The molecule has 0 radical (unpaired) electrons. The predicted molar refractivity (Wildman–Crippen MR) is 65.1 cm³/mol. The minimum atomic E-state index is -0.811. The van der Waals surface area contributed by atoms with E-state index in [1.54, 1.807) is 12.1 Å². The molecule has 0 saturated carbocycles. The molecule has 1 aromatic heterocycles. The van der Waals surface area contributed by atoms with Crippen LogP contribution < -0.4 is 10.1 Å². The molecule has 19 heavy (non-hydrogen) atoms. The number of anilines is 1. The van der Waals surface area contributed by atoms with Gasteiger partial charge in [-0.2, -0.15) is 0 Å². The van der Waals surface area contributed by atoms with Gasteiger partial charge in [-0.25, -0.2) is 13.8 Å². The smallest absolute Gasteiger partial charge is 0.259 e. The number of carbonyl (C=O) groups is 1. The van der Waals surface area contributed by atoms with E-state index in [9.17, 15) is 13.6 Å². The van der Waals surface area contributed by atoms with Crippen LogP contribution in [0.25, 0.3) is 0 Å². The molecule has 0 aliphatic carbocycles. The number of pyridine rings is 1. The summed E-state index contributed by atoms with van der Waals surface area (Å²) in [5.41, 5.74) is -0.396. The summed E-state index contributed by atoms with van der Waals surface area (Å²) >= 11 is 0. The normalized spacial score (nSPS) is 10.1. The van der Waals surface area contributed by atoms with Gasteiger partial charge < -0.3 is 10.1 Å². The largest absolute Gasteiger partial charge is 0.493 e. The molecule has 6 heteroatoms. The maximum absolute atomic E-state index is 13.4. The van der Waals surface area contributed by atoms with Gasteiger partial charge in [-0.1, -0.05) is 0 Å². The van der Waals surface area contributed by atoms with Crippen LogP contribution in [0.3, 0.4) is 0 Å². The highest BCUT2D eigenvalue weighted by molar-refractivity contribution is 6.04. The molecule has 0 saturated heterocycles. The molecule has 0 spiro atoms. The van der Waals surface area contributed by atoms with Gasteiger partial charge in [-0.3, -0.25) is 4.79 Å². The SMILES string of the molecule is COc1cccnc1NC(=O)c1cc(F)ccc1F. The highest BCUT2D eigenvalue weighted by atomic mass is 19.1. The fraction of sp³-hybridized carbons (Fsp3) is 0.0769. The van der Waals surface area contributed by atoms with Crippen molar-refractivity contribution in [1.82, 2.24) is 4.98 Å². The van der Waals surface area contributed by atoms with Crippen LogP contribution >= 0.6 is 0 Å². The van der Waals surface area contributed by atoms with Crippen molar-refractivity contribution in [3.8, 4) is 5.75 Å². The van der Waals surface area contributed by atoms with Crippen LogP contribution in [0.15, 0.2) is 36.5 Å². The van der Waals surface area contributed by atoms with Crippen LogP contribution in [0.2, 0.25) is 0 Å². The Hall–Kier alpha value is -2.50. The Labute approximate surface area is 108 Å². The predicted octanol–water partition coefficient (Wildman–Crippen LogP) is 2.62. The standard InChI is InChI=1S/C13H10F2N2O2/c1-19-11-3-2-6-16-12(11)17-13(18)9-7-8(14)4-5-10(9)15/h2-7H,1H3,(H,16,17,18). The van der Waals surface area contributed by atoms with Gasteiger partial charge in [0, 0.05) is 6.20 Å². The Kier molecular flexibility index (Phi) is 3.70. The van der Waals surface area contributed by atoms with Gasteiger partial charge in [0.1, 0.15) is 11.6 Å². The van der Waals surface area contributed by atoms with Crippen molar-refractivity contribution in [2.24, 2.45) is 0 Å². The first-order valence-corrected chi connectivity index (χ1v) is 5.37. The number of hydrogen-bond acceptors (Lipinski definition) is 3. The van der Waals surface area contributed by atoms with Gasteiger partial charge in [-0.05, 0) is 30.3 Å². The van der Waals surface area contributed by atoms with Crippen LogP contribution in [0.1, 0.15) is 10.4 Å². The van der Waals surface area contributed by atoms with E-state index in [-0.39, 0.29) is 5.82 Å². The zero-order valence-corrected chi connectivity index (χ0v) is 9.98. The van der Waals surface area contributed by atoms with E-state index in [0.717, 1.165) is 18.2 Å². The number of hydrogen-bond donors (Lipinski definition) is 1. The Balaban J connectivity index is 2.28. The summed E-state index contributed by atoms with van der Waals surface area (Å²) in [6.07, 6.45) is 1.44. The summed E-state index contributed by atoms with van der Waals surface area (Å²) in [6, 6.07) is 5.86. The molecule has 0 atom stereocenters. The van der Waals surface area contributed by atoms with E-state index in [1.165, 1.54) is 13.3 Å². The Morgan fingerprint density at radius 3 is 2.84 bits per heavy atom. The second-order valence-corrected chi connectivity index (χ2v) is 3.63. The zero-order valence-electron chi connectivity index (χ0n) is 9.98. The lowest BCUT2D eigenvalue weighted by Crippen LogP contribution is -2.15. The van der Waals surface area contributed by atoms with Crippen LogP contribution in [-0.4, -0.2) is 18.0 Å². The summed E-state index contributed by atoms with van der Waals surface area (Å²) in [6.45, 7) is 0. The Morgan fingerprint density at radius 2 is 2.11 bits per heavy atom. The van der Waals surface area contributed by atoms with E-state index >= 15 is 0 Å². The molecule has 4 nitrogen and oxygen atoms in total. The van der Waals surface area contributed by atoms with Crippen molar-refractivity contribution in [2.45, 2.75) is 0 Å². The van der Waals surface area contributed by atoms with Gasteiger partial charge in [0.2, 0.25) is 0 Å². The highest BCUT2D eigenvalue weighted by Crippen LogP contribution is 2.21. The summed E-state index contributed by atoms with van der Waals surface area (Å²) in [5, 5.41) is 2.36. The monoisotopic (exact) mass is 264 g/mol. The third kappa shape index (κ3) is 2.85. The molecule has 0 fully saturated rings. The number of carbonyl (C=O) groups excluding carboxylic acids is 1. The summed E-state index contributed by atoms with van der Waals surface area (Å²) < 4.78 is 31.4. The lowest BCUT2D eigenvalue weighted by Gasteiger charge is -2.09. The molecule has 1 N–H and O–H groups in total. The van der Waals surface area contributed by atoms with E-state index in [0.29, 0.717) is 5.75 Å². The molecule has 98 valence electrons. The van der Waals surface area contributed by atoms with Crippen LogP contribution in [0, 0.1) is 11.6 Å². The van der Waals surface area contributed by atoms with Crippen LogP contribution in [0.5, 0.6) is 5.75 Å². The molecule has 1 amide bonds. The van der Waals surface area contributed by atoms with E-state index in [2.05, 4.69) is 10.3 Å². The number of halogens is 2. The van der Waals surface area contributed by atoms with Gasteiger partial charge in [0.05, 0.1) is 12.7 Å². The molecule has 0 aliphatic rings. The fourth-order valence-corrected chi connectivity index (χ4v) is 1.50. The highest BCUT2D eigenvalue weighted by Gasteiger charge is 2.15. The third-order valence-corrected chi connectivity index (χ3v) is 2.40. The number of nitrogens with one attached hydrogen (secondary N) is 1. The van der Waals surface area contributed by atoms with Crippen LogP contribution in [0.4, 0.5) is 14.6 Å². The summed E-state index contributed by atoms with van der Waals surface area (Å²) in [4.78, 5) is 15.7. The van der Waals surface area contributed by atoms with Crippen molar-refractivity contribution in [1.29, 1.82) is 0 Å². The number of ether oxygens (including phenoxy) is 1. The van der Waals surface area contributed by atoms with Crippen molar-refractivity contribution in [3.05, 3.63) is 53.7 Å². The molecular formula is C13H10F2N2O2. The quantitative estimate of drug-likeness (QED) is 0.927. The lowest BCUT2D eigenvalue weighted by molar-refractivity contribution is 0.102. The third-order valence-electron chi connectivity index (χ3n) is 2.40. The number of methoxy groups -OCH3 is 1. The molecule has 0 bridgehead atoms. The van der Waals surface area contributed by atoms with Crippen molar-refractivity contribution in [3.63, 3.8) is 0 Å². The number of nitrogens with zero attached hydrogens (tertiary/aromatic N) is 1. The maximum Gasteiger partial charge on any atom is 0.259 e. The number of benzene rings is 1. The van der Waals surface area contributed by atoms with Crippen LogP contribution in [-0.2, 0) is 0 Å². The number of rotatable bonds is 3. The summed E-state index contributed by atoms with van der Waals surface area (Å²) in [5.74, 6) is -1.84. The number of aromatic nitrogens is 1. The maximum atomic E-state index is 13.4. The number of amides is 1. The first-order chi connectivity index (χ1) is 9.11. The minimum absolute atomic E-state index is 0.138. The van der Waals surface area contributed by atoms with E-state index in [1.807, 2.05) is 0 Å². The lowest BCUT2D eigenvalue weighted by atomic mass is 10.2. The molecule has 1 aromatic carbocycles. The first-order valence-electron chi connectivity index (χ1n) is 5.37. The van der Waals surface area contributed by atoms with Crippen molar-refractivity contribution in [2.75, 3.05) is 12.4 Å². The van der Waals surface area contributed by atoms with Crippen molar-refractivity contribution < 1.29 is 18.3 Å². The topological polar surface area (TPSA) is 51.2 Å². The molecule has 0 unspecified atom stereocenters. The second-order valence-electron chi connectivity index (χ2n) is 3.63. The zero-order chi connectivity index (χ0) is 13.8. The van der Waals surface area contributed by atoms with Crippen molar-refractivity contribution >= 4 is 11.7 Å². The van der Waals surface area contributed by atoms with E-state index in [4.69, 9.17) is 4.74 Å². The Bertz CT molecular complexity index is 617. The molecule has 1 heterocycles. The average Bonchev–Trinajstić information content (AvgIpc) is 2.42. The first kappa shape index (κ1) is 12.9. The van der Waals surface area contributed by atoms with Gasteiger partial charge in [0.15, 0.2) is 11.6 Å². The minimum Gasteiger partial charge on any atom is -0.493 e. The molecule has 2 rings (SSSR count). The average molecular weight is 264 g/mol. The molecular weight excluding hydrogens is 254 g/mol. The molecule has 0 aliphatic heterocycles. The van der Waals surface area contributed by atoms with E-state index < -0.39 is 23.1 Å². The summed E-state index contributed by atoms with van der Waals surface area (Å²) in [7, 11) is 1.41. The van der Waals surface area contributed by atoms with Gasteiger partial charge in [0.25, 0.3) is 5.91 Å².